The molecular weight excluding hydrogens is 180 g/mol. The highest BCUT2D eigenvalue weighted by Crippen LogP contribution is 2.11. The Kier molecular flexibility index (Phi) is 6.89. The molecule has 0 fully saturated rings. The van der Waals surface area contributed by atoms with Gasteiger partial charge in [-0.3, -0.25) is 4.79 Å². The van der Waals surface area contributed by atoms with E-state index in [9.17, 15) is 15.0 Å². The average Bonchev–Trinajstić information content (AvgIpc) is 2.21. The van der Waals surface area contributed by atoms with Crippen LogP contribution in [0.1, 0.15) is 52.4 Å². The maximum atomic E-state index is 11.2. The lowest BCUT2D eigenvalue weighted by Crippen LogP contribution is -2.05. The first-order valence-electron chi connectivity index (χ1n) is 5.27. The summed E-state index contributed by atoms with van der Waals surface area (Å²) in [5, 5.41) is 18.6. The number of ketones is 1. The van der Waals surface area contributed by atoms with Crippen molar-refractivity contribution in [1.29, 1.82) is 0 Å². The van der Waals surface area contributed by atoms with E-state index in [0.717, 1.165) is 25.7 Å². The predicted octanol–water partition coefficient (Wildman–Crippen LogP) is 3.26. The topological polar surface area (TPSA) is 57.5 Å². The van der Waals surface area contributed by atoms with Gasteiger partial charge in [0.25, 0.3) is 0 Å². The van der Waals surface area contributed by atoms with E-state index in [1.54, 1.807) is 0 Å². The molecule has 0 heterocycles. The summed E-state index contributed by atoms with van der Waals surface area (Å²) in [4.78, 5) is 11.2. The third kappa shape index (κ3) is 4.90. The highest BCUT2D eigenvalue weighted by atomic mass is 16.3. The van der Waals surface area contributed by atoms with E-state index >= 15 is 0 Å². The Bertz CT molecular complexity index is 207. The number of aliphatic hydroxyl groups excluding tert-OH is 2. The molecule has 3 nitrogen and oxygen atoms in total. The molecule has 0 aromatic heterocycles. The SMILES string of the molecule is CCCCC(=O)C(O)=C(O)CCCC. The molecule has 0 aliphatic carbocycles. The Hall–Kier alpha value is -0.990. The Morgan fingerprint density at radius 3 is 2.00 bits per heavy atom. The van der Waals surface area contributed by atoms with Gasteiger partial charge in [0.05, 0.1) is 0 Å². The van der Waals surface area contributed by atoms with Gasteiger partial charge in [-0.2, -0.15) is 0 Å². The number of carbonyl (C=O) groups is 1. The van der Waals surface area contributed by atoms with Gasteiger partial charge >= 0.3 is 0 Å². The van der Waals surface area contributed by atoms with Crippen LogP contribution >= 0.6 is 0 Å². The second kappa shape index (κ2) is 7.42. The van der Waals surface area contributed by atoms with Gasteiger partial charge in [-0.05, 0) is 12.8 Å². The molecule has 2 N–H and O–H groups in total. The minimum Gasteiger partial charge on any atom is -0.508 e. The van der Waals surface area contributed by atoms with Crippen LogP contribution in [0, 0.1) is 0 Å². The molecule has 0 atom stereocenters. The molecule has 0 aliphatic rings. The quantitative estimate of drug-likeness (QED) is 0.490. The number of aliphatic hydroxyl groups is 2. The number of unbranched alkanes of at least 4 members (excludes halogenated alkanes) is 2. The van der Waals surface area contributed by atoms with Crippen LogP contribution in [-0.2, 0) is 4.79 Å². The fourth-order valence-electron chi connectivity index (χ4n) is 1.08. The van der Waals surface area contributed by atoms with Crippen LogP contribution in [0.2, 0.25) is 0 Å². The molecule has 0 radical (unpaired) electrons. The molecule has 0 amide bonds. The predicted molar refractivity (Wildman–Crippen MR) is 56.3 cm³/mol. The van der Waals surface area contributed by atoms with Crippen LogP contribution < -0.4 is 0 Å². The van der Waals surface area contributed by atoms with E-state index in [0.29, 0.717) is 12.8 Å². The monoisotopic (exact) mass is 200 g/mol. The highest BCUT2D eigenvalue weighted by Gasteiger charge is 2.12. The zero-order chi connectivity index (χ0) is 11.0. The lowest BCUT2D eigenvalue weighted by molar-refractivity contribution is -0.118. The molecule has 0 unspecified atom stereocenters. The molecule has 0 aromatic rings. The van der Waals surface area contributed by atoms with Gasteiger partial charge < -0.3 is 10.2 Å². The lowest BCUT2D eigenvalue weighted by atomic mass is 10.1. The van der Waals surface area contributed by atoms with Crippen LogP contribution in [-0.4, -0.2) is 16.0 Å². The van der Waals surface area contributed by atoms with Gasteiger partial charge in [-0.15, -0.1) is 0 Å². The van der Waals surface area contributed by atoms with Gasteiger partial charge in [-0.1, -0.05) is 26.7 Å². The molecule has 0 rings (SSSR count). The first kappa shape index (κ1) is 13.0. The third-order valence-electron chi connectivity index (χ3n) is 2.06. The van der Waals surface area contributed by atoms with Crippen molar-refractivity contribution in [2.45, 2.75) is 52.4 Å². The van der Waals surface area contributed by atoms with Crippen molar-refractivity contribution in [3.05, 3.63) is 11.5 Å². The largest absolute Gasteiger partial charge is 0.508 e. The molecule has 0 aromatic carbocycles. The van der Waals surface area contributed by atoms with Gasteiger partial charge in [0.15, 0.2) is 5.76 Å². The zero-order valence-electron chi connectivity index (χ0n) is 9.05. The minimum absolute atomic E-state index is 0.159. The maximum absolute atomic E-state index is 11.2. The van der Waals surface area contributed by atoms with Gasteiger partial charge in [0, 0.05) is 12.8 Å². The minimum atomic E-state index is -0.438. The van der Waals surface area contributed by atoms with Crippen molar-refractivity contribution < 1.29 is 15.0 Å². The maximum Gasteiger partial charge on any atom is 0.200 e. The average molecular weight is 200 g/mol. The number of hydrogen-bond donors (Lipinski definition) is 2. The van der Waals surface area contributed by atoms with Crippen molar-refractivity contribution in [2.75, 3.05) is 0 Å². The Labute approximate surface area is 85.4 Å². The fourth-order valence-corrected chi connectivity index (χ4v) is 1.08. The Morgan fingerprint density at radius 2 is 1.50 bits per heavy atom. The first-order valence-corrected chi connectivity index (χ1v) is 5.27. The molecule has 0 spiro atoms. The number of carbonyl (C=O) groups excluding carboxylic acids is 1. The van der Waals surface area contributed by atoms with Gasteiger partial charge in [-0.25, -0.2) is 0 Å². The third-order valence-corrected chi connectivity index (χ3v) is 2.06. The summed E-state index contributed by atoms with van der Waals surface area (Å²) in [5.74, 6) is -0.944. The van der Waals surface area contributed by atoms with E-state index in [2.05, 4.69) is 0 Å². The van der Waals surface area contributed by atoms with Crippen molar-refractivity contribution in [2.24, 2.45) is 0 Å². The van der Waals surface area contributed by atoms with E-state index < -0.39 is 5.76 Å². The van der Waals surface area contributed by atoms with Crippen LogP contribution in [0.5, 0.6) is 0 Å². The molecule has 0 saturated heterocycles. The molecule has 82 valence electrons. The fraction of sp³-hybridized carbons (Fsp3) is 0.727. The first-order chi connectivity index (χ1) is 6.63. The normalized spacial score (nSPS) is 12.4. The van der Waals surface area contributed by atoms with Gasteiger partial charge in [0.1, 0.15) is 5.76 Å². The molecule has 14 heavy (non-hydrogen) atoms. The van der Waals surface area contributed by atoms with Crippen molar-refractivity contribution in [3.63, 3.8) is 0 Å². The second-order valence-electron chi connectivity index (χ2n) is 3.43. The van der Waals surface area contributed by atoms with Crippen LogP contribution in [0.15, 0.2) is 11.5 Å². The lowest BCUT2D eigenvalue weighted by Gasteiger charge is -2.03. The molecular formula is C11H20O3. The summed E-state index contributed by atoms with van der Waals surface area (Å²) in [6.07, 6.45) is 4.09. The van der Waals surface area contributed by atoms with Crippen molar-refractivity contribution >= 4 is 5.78 Å². The number of allylic oxidation sites excluding steroid dienone is 2. The van der Waals surface area contributed by atoms with Gasteiger partial charge in [0.2, 0.25) is 5.78 Å². The molecule has 0 bridgehead atoms. The summed E-state index contributed by atoms with van der Waals surface area (Å²) in [6.45, 7) is 3.97. The number of Topliss-reactive ketones (excluding diaryl/α,β-unsaturated/α-hetero) is 1. The Morgan fingerprint density at radius 1 is 1.00 bits per heavy atom. The molecule has 3 heteroatoms. The molecule has 0 aliphatic heterocycles. The number of rotatable bonds is 7. The second-order valence-corrected chi connectivity index (χ2v) is 3.43. The van der Waals surface area contributed by atoms with E-state index in [1.165, 1.54) is 0 Å². The summed E-state index contributed by atoms with van der Waals surface area (Å²) in [5.41, 5.74) is 0. The summed E-state index contributed by atoms with van der Waals surface area (Å²) in [7, 11) is 0. The van der Waals surface area contributed by atoms with Crippen LogP contribution in [0.4, 0.5) is 0 Å². The Balaban J connectivity index is 4.11. The standard InChI is InChI=1S/C11H20O3/c1-3-5-7-9(12)11(14)10(13)8-6-4-2/h12,14H,3-8H2,1-2H3. The zero-order valence-corrected chi connectivity index (χ0v) is 9.05. The van der Waals surface area contributed by atoms with Crippen LogP contribution in [0.25, 0.3) is 0 Å². The van der Waals surface area contributed by atoms with E-state index in [1.807, 2.05) is 13.8 Å². The summed E-state index contributed by atoms with van der Waals surface area (Å²) < 4.78 is 0. The smallest absolute Gasteiger partial charge is 0.200 e. The highest BCUT2D eigenvalue weighted by molar-refractivity contribution is 5.93. The van der Waals surface area contributed by atoms with E-state index in [4.69, 9.17) is 0 Å². The van der Waals surface area contributed by atoms with E-state index in [-0.39, 0.29) is 11.5 Å². The van der Waals surface area contributed by atoms with Crippen molar-refractivity contribution in [3.8, 4) is 0 Å². The van der Waals surface area contributed by atoms with Crippen molar-refractivity contribution in [1.82, 2.24) is 0 Å². The summed E-state index contributed by atoms with van der Waals surface area (Å²) >= 11 is 0. The summed E-state index contributed by atoms with van der Waals surface area (Å²) in [6, 6.07) is 0. The molecule has 0 saturated carbocycles. The number of hydrogen-bond acceptors (Lipinski definition) is 3. The van der Waals surface area contributed by atoms with Crippen LogP contribution in [0.3, 0.4) is 0 Å².